The van der Waals surface area contributed by atoms with Gasteiger partial charge >= 0.3 is 0 Å². The number of rotatable bonds is 2. The summed E-state index contributed by atoms with van der Waals surface area (Å²) in [6.45, 7) is 3.08. The topological polar surface area (TPSA) is 38.2 Å². The molecule has 5 heteroatoms. The standard InChI is InChI=1S/C18H16BrN3O/c1-11-15(19)6-3-12-7-8-22(17(11)12)18-14-5-4-13(23-2)9-16(14)20-10-21-18/h3-6,9-10H,7-8H2,1-2H3. The van der Waals surface area contributed by atoms with Crippen molar-refractivity contribution in [1.82, 2.24) is 9.97 Å². The maximum atomic E-state index is 5.30. The number of ether oxygens (including phenoxy) is 1. The summed E-state index contributed by atoms with van der Waals surface area (Å²) in [7, 11) is 1.67. The van der Waals surface area contributed by atoms with E-state index < -0.39 is 0 Å². The van der Waals surface area contributed by atoms with Gasteiger partial charge in [0.1, 0.15) is 17.9 Å². The predicted molar refractivity (Wildman–Crippen MR) is 95.7 cm³/mol. The maximum Gasteiger partial charge on any atom is 0.144 e. The van der Waals surface area contributed by atoms with Crippen LogP contribution in [0.15, 0.2) is 41.1 Å². The Bertz CT molecular complexity index is 910. The highest BCUT2D eigenvalue weighted by Gasteiger charge is 2.25. The van der Waals surface area contributed by atoms with E-state index in [1.165, 1.54) is 16.8 Å². The van der Waals surface area contributed by atoms with Gasteiger partial charge in [-0.25, -0.2) is 9.97 Å². The van der Waals surface area contributed by atoms with Crippen molar-refractivity contribution in [1.29, 1.82) is 0 Å². The van der Waals surface area contributed by atoms with Crippen LogP contribution >= 0.6 is 15.9 Å². The summed E-state index contributed by atoms with van der Waals surface area (Å²) >= 11 is 3.64. The Balaban J connectivity index is 1.91. The van der Waals surface area contributed by atoms with Gasteiger partial charge in [-0.3, -0.25) is 0 Å². The molecule has 0 aliphatic carbocycles. The average molecular weight is 370 g/mol. The van der Waals surface area contributed by atoms with E-state index in [9.17, 15) is 0 Å². The van der Waals surface area contributed by atoms with Crippen molar-refractivity contribution in [2.75, 3.05) is 18.6 Å². The lowest BCUT2D eigenvalue weighted by Crippen LogP contribution is -2.16. The smallest absolute Gasteiger partial charge is 0.144 e. The van der Waals surface area contributed by atoms with Crippen LogP contribution < -0.4 is 9.64 Å². The van der Waals surface area contributed by atoms with Gasteiger partial charge in [-0.05, 0) is 42.7 Å². The number of hydrogen-bond acceptors (Lipinski definition) is 4. The lowest BCUT2D eigenvalue weighted by Gasteiger charge is -2.22. The molecule has 2 heterocycles. The van der Waals surface area contributed by atoms with E-state index in [2.05, 4.69) is 49.9 Å². The van der Waals surface area contributed by atoms with Crippen LogP contribution in [0.4, 0.5) is 11.5 Å². The molecule has 0 N–H and O–H groups in total. The zero-order valence-electron chi connectivity index (χ0n) is 13.0. The first-order valence-corrected chi connectivity index (χ1v) is 8.32. The number of nitrogens with zero attached hydrogens (tertiary/aromatic N) is 3. The lowest BCUT2D eigenvalue weighted by molar-refractivity contribution is 0.415. The van der Waals surface area contributed by atoms with Gasteiger partial charge in [-0.1, -0.05) is 22.0 Å². The van der Waals surface area contributed by atoms with Crippen molar-refractivity contribution in [3.63, 3.8) is 0 Å². The van der Waals surface area contributed by atoms with Gasteiger partial charge in [0, 0.05) is 28.2 Å². The molecule has 0 amide bonds. The van der Waals surface area contributed by atoms with Crippen LogP contribution in [0.3, 0.4) is 0 Å². The van der Waals surface area contributed by atoms with Crippen molar-refractivity contribution in [3.8, 4) is 5.75 Å². The zero-order chi connectivity index (χ0) is 16.0. The summed E-state index contributed by atoms with van der Waals surface area (Å²) < 4.78 is 6.43. The molecular formula is C18H16BrN3O. The largest absolute Gasteiger partial charge is 0.497 e. The normalized spacial score (nSPS) is 13.4. The number of halogens is 1. The van der Waals surface area contributed by atoms with Crippen molar-refractivity contribution < 1.29 is 4.74 Å². The minimum Gasteiger partial charge on any atom is -0.497 e. The second kappa shape index (κ2) is 5.49. The Morgan fingerprint density at radius 3 is 2.87 bits per heavy atom. The summed E-state index contributed by atoms with van der Waals surface area (Å²) in [5, 5.41) is 1.04. The number of benzene rings is 2. The molecule has 0 saturated carbocycles. The Hall–Kier alpha value is -2.14. The van der Waals surface area contributed by atoms with E-state index in [0.717, 1.165) is 39.9 Å². The second-order valence-electron chi connectivity index (χ2n) is 5.66. The van der Waals surface area contributed by atoms with Gasteiger partial charge in [0.25, 0.3) is 0 Å². The van der Waals surface area contributed by atoms with Gasteiger partial charge in [0.15, 0.2) is 0 Å². The molecule has 3 aromatic rings. The Morgan fingerprint density at radius 2 is 2.04 bits per heavy atom. The fourth-order valence-corrected chi connectivity index (χ4v) is 3.55. The van der Waals surface area contributed by atoms with Gasteiger partial charge < -0.3 is 9.64 Å². The number of methoxy groups -OCH3 is 1. The highest BCUT2D eigenvalue weighted by Crippen LogP contribution is 2.41. The minimum absolute atomic E-state index is 0.808. The van der Waals surface area contributed by atoms with Crippen LogP contribution in [-0.4, -0.2) is 23.6 Å². The molecule has 0 atom stereocenters. The number of fused-ring (bicyclic) bond motifs is 2. The maximum absolute atomic E-state index is 5.30. The first-order valence-electron chi connectivity index (χ1n) is 7.53. The van der Waals surface area contributed by atoms with E-state index in [0.29, 0.717) is 0 Å². The SMILES string of the molecule is COc1ccc2c(N3CCc4ccc(Br)c(C)c43)ncnc2c1. The third kappa shape index (κ3) is 2.27. The van der Waals surface area contributed by atoms with Gasteiger partial charge in [0.05, 0.1) is 12.6 Å². The van der Waals surface area contributed by atoms with Crippen molar-refractivity contribution >= 4 is 38.3 Å². The molecule has 0 unspecified atom stereocenters. The molecule has 1 aliphatic rings. The van der Waals surface area contributed by atoms with Gasteiger partial charge in [0.2, 0.25) is 0 Å². The third-order valence-electron chi connectivity index (χ3n) is 4.40. The third-order valence-corrected chi connectivity index (χ3v) is 5.26. The molecule has 4 rings (SSSR count). The first kappa shape index (κ1) is 14.5. The molecule has 0 radical (unpaired) electrons. The van der Waals surface area contributed by atoms with Crippen LogP contribution in [0.5, 0.6) is 5.75 Å². The quantitative estimate of drug-likeness (QED) is 0.670. The molecule has 0 fully saturated rings. The lowest BCUT2D eigenvalue weighted by atomic mass is 10.1. The Morgan fingerprint density at radius 1 is 1.17 bits per heavy atom. The summed E-state index contributed by atoms with van der Waals surface area (Å²) in [5.41, 5.74) is 4.77. The van der Waals surface area contributed by atoms with E-state index in [-0.39, 0.29) is 0 Å². The highest BCUT2D eigenvalue weighted by molar-refractivity contribution is 9.10. The molecule has 4 nitrogen and oxygen atoms in total. The van der Waals surface area contributed by atoms with Crippen LogP contribution in [0.1, 0.15) is 11.1 Å². The van der Waals surface area contributed by atoms with E-state index in [4.69, 9.17) is 4.74 Å². The number of aromatic nitrogens is 2. The fraction of sp³-hybridized carbons (Fsp3) is 0.222. The van der Waals surface area contributed by atoms with E-state index >= 15 is 0 Å². The zero-order valence-corrected chi connectivity index (χ0v) is 14.6. The van der Waals surface area contributed by atoms with E-state index in [1.54, 1.807) is 13.4 Å². The molecular weight excluding hydrogens is 354 g/mol. The average Bonchev–Trinajstić information content (AvgIpc) is 3.01. The molecule has 23 heavy (non-hydrogen) atoms. The minimum atomic E-state index is 0.808. The predicted octanol–water partition coefficient (Wildman–Crippen LogP) is 4.40. The highest BCUT2D eigenvalue weighted by atomic mass is 79.9. The molecule has 2 aromatic carbocycles. The first-order chi connectivity index (χ1) is 11.2. The summed E-state index contributed by atoms with van der Waals surface area (Å²) in [6.07, 6.45) is 2.66. The fourth-order valence-electron chi connectivity index (χ4n) is 3.23. The van der Waals surface area contributed by atoms with Crippen LogP contribution in [0.25, 0.3) is 10.9 Å². The van der Waals surface area contributed by atoms with Crippen molar-refractivity contribution in [3.05, 3.63) is 52.3 Å². The molecule has 1 aromatic heterocycles. The summed E-state index contributed by atoms with van der Waals surface area (Å²) in [4.78, 5) is 11.3. The summed E-state index contributed by atoms with van der Waals surface area (Å²) in [6, 6.07) is 10.3. The van der Waals surface area contributed by atoms with Crippen molar-refractivity contribution in [2.45, 2.75) is 13.3 Å². The number of hydrogen-bond donors (Lipinski definition) is 0. The Labute approximate surface area is 143 Å². The van der Waals surface area contributed by atoms with Gasteiger partial charge in [-0.15, -0.1) is 0 Å². The van der Waals surface area contributed by atoms with Crippen LogP contribution in [-0.2, 0) is 6.42 Å². The molecule has 1 aliphatic heterocycles. The monoisotopic (exact) mass is 369 g/mol. The summed E-state index contributed by atoms with van der Waals surface area (Å²) in [5.74, 6) is 1.76. The second-order valence-corrected chi connectivity index (χ2v) is 6.52. The van der Waals surface area contributed by atoms with Crippen LogP contribution in [0.2, 0.25) is 0 Å². The molecule has 0 spiro atoms. The van der Waals surface area contributed by atoms with Crippen LogP contribution in [0, 0.1) is 6.92 Å². The molecule has 0 saturated heterocycles. The molecule has 116 valence electrons. The number of anilines is 2. The molecule has 0 bridgehead atoms. The van der Waals surface area contributed by atoms with E-state index in [1.807, 2.05) is 18.2 Å². The Kier molecular flexibility index (Phi) is 3.45. The van der Waals surface area contributed by atoms with Crippen molar-refractivity contribution in [2.24, 2.45) is 0 Å². The van der Waals surface area contributed by atoms with Gasteiger partial charge in [-0.2, -0.15) is 0 Å².